The highest BCUT2D eigenvalue weighted by Crippen LogP contribution is 2.36. The average molecular weight is 294 g/mol. The van der Waals surface area contributed by atoms with Crippen molar-refractivity contribution < 1.29 is 9.84 Å². The van der Waals surface area contributed by atoms with Crippen LogP contribution in [0.25, 0.3) is 21.5 Å². The highest BCUT2D eigenvalue weighted by atomic mass is 16.5. The van der Waals surface area contributed by atoms with E-state index in [0.717, 1.165) is 22.6 Å². The fourth-order valence-electron chi connectivity index (χ4n) is 2.81. The first kappa shape index (κ1) is 14.7. The van der Waals surface area contributed by atoms with Gasteiger partial charge in [-0.2, -0.15) is 0 Å². The Labute approximate surface area is 131 Å². The molecule has 22 heavy (non-hydrogen) atoms. The van der Waals surface area contributed by atoms with Crippen LogP contribution < -0.4 is 4.74 Å². The highest BCUT2D eigenvalue weighted by Gasteiger charge is 2.08. The van der Waals surface area contributed by atoms with Crippen LogP contribution in [-0.2, 0) is 0 Å². The lowest BCUT2D eigenvalue weighted by atomic mass is 10.0. The van der Waals surface area contributed by atoms with Crippen molar-refractivity contribution in [3.63, 3.8) is 0 Å². The van der Waals surface area contributed by atoms with Gasteiger partial charge in [0.25, 0.3) is 0 Å². The van der Waals surface area contributed by atoms with Crippen molar-refractivity contribution in [1.29, 1.82) is 0 Å². The molecule has 2 nitrogen and oxygen atoms in total. The molecule has 0 heterocycles. The van der Waals surface area contributed by atoms with E-state index in [-0.39, 0.29) is 5.75 Å². The van der Waals surface area contributed by atoms with E-state index in [1.807, 2.05) is 30.3 Å². The van der Waals surface area contributed by atoms with Crippen LogP contribution in [0, 0.1) is 0 Å². The molecule has 0 aliphatic heterocycles. The third-order valence-corrected chi connectivity index (χ3v) is 4.08. The minimum atomic E-state index is 0.249. The summed E-state index contributed by atoms with van der Waals surface area (Å²) in [7, 11) is 0. The average Bonchev–Trinajstić information content (AvgIpc) is 2.55. The fourth-order valence-corrected chi connectivity index (χ4v) is 2.81. The van der Waals surface area contributed by atoms with Crippen LogP contribution in [0.5, 0.6) is 11.5 Å². The van der Waals surface area contributed by atoms with Gasteiger partial charge in [0.05, 0.1) is 6.61 Å². The molecular weight excluding hydrogens is 272 g/mol. The molecule has 0 unspecified atom stereocenters. The first-order valence-corrected chi connectivity index (χ1v) is 8.07. The van der Waals surface area contributed by atoms with Gasteiger partial charge in [0.1, 0.15) is 0 Å². The zero-order valence-electron chi connectivity index (χ0n) is 13.0. The molecule has 0 amide bonds. The monoisotopic (exact) mass is 294 g/mol. The first-order chi connectivity index (χ1) is 10.8. The number of benzene rings is 3. The Bertz CT molecular complexity index is 777. The van der Waals surface area contributed by atoms with E-state index in [1.54, 1.807) is 0 Å². The summed E-state index contributed by atoms with van der Waals surface area (Å²) in [5.41, 5.74) is 0. The van der Waals surface area contributed by atoms with Crippen molar-refractivity contribution >= 4 is 21.5 Å². The van der Waals surface area contributed by atoms with Gasteiger partial charge >= 0.3 is 0 Å². The highest BCUT2D eigenvalue weighted by molar-refractivity contribution is 6.01. The summed E-state index contributed by atoms with van der Waals surface area (Å²) in [6.07, 6.45) is 4.66. The van der Waals surface area contributed by atoms with E-state index < -0.39 is 0 Å². The number of phenolic OH excluding ortho intramolecular Hbond substituents is 1. The summed E-state index contributed by atoms with van der Waals surface area (Å²) in [4.78, 5) is 0. The quantitative estimate of drug-likeness (QED) is 0.469. The second-order valence-electron chi connectivity index (χ2n) is 5.74. The predicted molar refractivity (Wildman–Crippen MR) is 92.8 cm³/mol. The van der Waals surface area contributed by atoms with E-state index in [2.05, 4.69) is 25.1 Å². The molecule has 0 fully saturated rings. The second kappa shape index (κ2) is 6.69. The molecule has 3 aromatic rings. The number of fused-ring (bicyclic) bond motifs is 2. The summed E-state index contributed by atoms with van der Waals surface area (Å²) < 4.78 is 5.75. The van der Waals surface area contributed by atoms with E-state index in [9.17, 15) is 5.11 Å². The van der Waals surface area contributed by atoms with Crippen LogP contribution in [0.1, 0.15) is 32.6 Å². The van der Waals surface area contributed by atoms with Crippen LogP contribution >= 0.6 is 0 Å². The van der Waals surface area contributed by atoms with Gasteiger partial charge in [0, 0.05) is 5.39 Å². The van der Waals surface area contributed by atoms with Gasteiger partial charge in [-0.3, -0.25) is 0 Å². The summed E-state index contributed by atoms with van der Waals surface area (Å²) in [5, 5.41) is 14.7. The molecule has 3 aromatic carbocycles. The van der Waals surface area contributed by atoms with Gasteiger partial charge in [-0.05, 0) is 40.8 Å². The zero-order chi connectivity index (χ0) is 15.4. The third-order valence-electron chi connectivity index (χ3n) is 4.08. The van der Waals surface area contributed by atoms with Crippen molar-refractivity contribution in [3.05, 3.63) is 48.5 Å². The lowest BCUT2D eigenvalue weighted by molar-refractivity contribution is 0.290. The first-order valence-electron chi connectivity index (χ1n) is 8.07. The van der Waals surface area contributed by atoms with Crippen molar-refractivity contribution in [1.82, 2.24) is 0 Å². The molecule has 114 valence electrons. The Kier molecular flexibility index (Phi) is 4.47. The van der Waals surface area contributed by atoms with Crippen LogP contribution in [0.15, 0.2) is 48.5 Å². The predicted octanol–water partition coefficient (Wildman–Crippen LogP) is 5.66. The summed E-state index contributed by atoms with van der Waals surface area (Å²) in [6, 6.07) is 16.2. The largest absolute Gasteiger partial charge is 0.504 e. The number of hydrogen-bond acceptors (Lipinski definition) is 2. The zero-order valence-corrected chi connectivity index (χ0v) is 13.0. The molecule has 0 aliphatic rings. The third kappa shape index (κ3) is 3.01. The Morgan fingerprint density at radius 3 is 2.41 bits per heavy atom. The van der Waals surface area contributed by atoms with Gasteiger partial charge in [-0.1, -0.05) is 56.5 Å². The van der Waals surface area contributed by atoms with Gasteiger partial charge in [0.15, 0.2) is 11.5 Å². The molecule has 2 heteroatoms. The summed E-state index contributed by atoms with van der Waals surface area (Å²) in [6.45, 7) is 2.85. The lowest BCUT2D eigenvalue weighted by Crippen LogP contribution is -1.97. The SMILES string of the molecule is CCCCCCOc1ccc2cc3ccccc3cc2c1O. The number of ether oxygens (including phenoxy) is 1. The number of aromatic hydroxyl groups is 1. The molecule has 0 radical (unpaired) electrons. The Hall–Kier alpha value is -2.22. The second-order valence-corrected chi connectivity index (χ2v) is 5.74. The maximum absolute atomic E-state index is 10.5. The molecule has 0 atom stereocenters. The van der Waals surface area contributed by atoms with Crippen molar-refractivity contribution in [2.75, 3.05) is 6.61 Å². The number of unbranched alkanes of at least 4 members (excludes halogenated alkanes) is 3. The van der Waals surface area contributed by atoms with Crippen LogP contribution in [0.3, 0.4) is 0 Å². The number of rotatable bonds is 6. The van der Waals surface area contributed by atoms with E-state index in [1.165, 1.54) is 24.6 Å². The normalized spacial score (nSPS) is 11.1. The summed E-state index contributed by atoms with van der Waals surface area (Å²) in [5.74, 6) is 0.832. The van der Waals surface area contributed by atoms with Gasteiger partial charge in [-0.25, -0.2) is 0 Å². The van der Waals surface area contributed by atoms with Gasteiger partial charge in [0.2, 0.25) is 0 Å². The topological polar surface area (TPSA) is 29.5 Å². The number of phenols is 1. The standard InChI is InChI=1S/C20H22O2/c1-2-3-4-7-12-22-19-11-10-17-13-15-8-5-6-9-16(15)14-18(17)20(19)21/h5-6,8-11,13-14,21H,2-4,7,12H2,1H3. The molecule has 0 aromatic heterocycles. The lowest BCUT2D eigenvalue weighted by Gasteiger charge is -2.11. The fraction of sp³-hybridized carbons (Fsp3) is 0.300. The maximum Gasteiger partial charge on any atom is 0.165 e. The Morgan fingerprint density at radius 1 is 0.864 bits per heavy atom. The molecule has 3 rings (SSSR count). The molecule has 0 bridgehead atoms. The Balaban J connectivity index is 1.86. The molecular formula is C20H22O2. The Morgan fingerprint density at radius 2 is 1.64 bits per heavy atom. The van der Waals surface area contributed by atoms with Crippen LogP contribution in [-0.4, -0.2) is 11.7 Å². The van der Waals surface area contributed by atoms with Crippen LogP contribution in [0.4, 0.5) is 0 Å². The van der Waals surface area contributed by atoms with E-state index in [4.69, 9.17) is 4.74 Å². The smallest absolute Gasteiger partial charge is 0.165 e. The minimum Gasteiger partial charge on any atom is -0.504 e. The van der Waals surface area contributed by atoms with E-state index in [0.29, 0.717) is 12.4 Å². The molecule has 1 N–H and O–H groups in total. The summed E-state index contributed by atoms with van der Waals surface area (Å²) >= 11 is 0. The van der Waals surface area contributed by atoms with E-state index >= 15 is 0 Å². The maximum atomic E-state index is 10.5. The number of hydrogen-bond donors (Lipinski definition) is 1. The van der Waals surface area contributed by atoms with Crippen molar-refractivity contribution in [3.8, 4) is 11.5 Å². The molecule has 0 spiro atoms. The van der Waals surface area contributed by atoms with Gasteiger partial charge < -0.3 is 9.84 Å². The molecule has 0 saturated heterocycles. The molecule has 0 aliphatic carbocycles. The van der Waals surface area contributed by atoms with Crippen molar-refractivity contribution in [2.45, 2.75) is 32.6 Å². The van der Waals surface area contributed by atoms with Gasteiger partial charge in [-0.15, -0.1) is 0 Å². The van der Waals surface area contributed by atoms with Crippen LogP contribution in [0.2, 0.25) is 0 Å². The minimum absolute atomic E-state index is 0.249. The molecule has 0 saturated carbocycles. The van der Waals surface area contributed by atoms with Crippen molar-refractivity contribution in [2.24, 2.45) is 0 Å².